The Morgan fingerprint density at radius 3 is 2.65 bits per heavy atom. The standard InChI is InChI=1S/C20H27BrClNO3/c1-6-25-19(24)18-13(8-7-11-26-12(2)20(3,4)5)14-9-10-15(22)16(21)17(14)23-18/h9-10,12,23H,6-8,11H2,1-5H3. The van der Waals surface area contributed by atoms with Gasteiger partial charge >= 0.3 is 5.97 Å². The molecule has 0 aliphatic carbocycles. The molecule has 144 valence electrons. The second-order valence-corrected chi connectivity index (χ2v) is 8.67. The molecule has 6 heteroatoms. The van der Waals surface area contributed by atoms with Gasteiger partial charge in [0.2, 0.25) is 0 Å². The van der Waals surface area contributed by atoms with E-state index < -0.39 is 0 Å². The highest BCUT2D eigenvalue weighted by atomic mass is 79.9. The van der Waals surface area contributed by atoms with E-state index in [4.69, 9.17) is 21.1 Å². The Labute approximate surface area is 168 Å². The van der Waals surface area contributed by atoms with E-state index in [2.05, 4.69) is 48.6 Å². The van der Waals surface area contributed by atoms with Crippen molar-refractivity contribution in [2.45, 2.75) is 53.6 Å². The third kappa shape index (κ3) is 4.81. The molecule has 1 aromatic carbocycles. The van der Waals surface area contributed by atoms with Crippen LogP contribution in [0.25, 0.3) is 10.9 Å². The van der Waals surface area contributed by atoms with Crippen LogP contribution in [-0.2, 0) is 15.9 Å². The van der Waals surface area contributed by atoms with E-state index >= 15 is 0 Å². The highest BCUT2D eigenvalue weighted by Gasteiger charge is 2.22. The molecule has 1 atom stereocenters. The number of hydrogen-bond acceptors (Lipinski definition) is 3. The van der Waals surface area contributed by atoms with Gasteiger partial charge in [-0.2, -0.15) is 0 Å². The monoisotopic (exact) mass is 443 g/mol. The zero-order chi connectivity index (χ0) is 19.5. The van der Waals surface area contributed by atoms with E-state index in [9.17, 15) is 4.79 Å². The number of aromatic amines is 1. The normalized spacial score (nSPS) is 13.2. The molecule has 2 rings (SSSR count). The fourth-order valence-corrected chi connectivity index (χ4v) is 3.26. The van der Waals surface area contributed by atoms with E-state index in [0.29, 0.717) is 23.9 Å². The molecule has 1 unspecified atom stereocenters. The maximum Gasteiger partial charge on any atom is 0.355 e. The van der Waals surface area contributed by atoms with Crippen LogP contribution in [-0.4, -0.2) is 30.3 Å². The lowest BCUT2D eigenvalue weighted by molar-refractivity contribution is -0.00565. The van der Waals surface area contributed by atoms with Gasteiger partial charge in [-0.3, -0.25) is 0 Å². The zero-order valence-corrected chi connectivity index (χ0v) is 18.4. The molecule has 1 heterocycles. The number of fused-ring (bicyclic) bond motifs is 1. The number of ether oxygens (including phenoxy) is 2. The molecule has 0 saturated heterocycles. The van der Waals surface area contributed by atoms with Crippen molar-refractivity contribution in [2.24, 2.45) is 5.41 Å². The lowest BCUT2D eigenvalue weighted by Gasteiger charge is -2.27. The first kappa shape index (κ1) is 21.3. The maximum absolute atomic E-state index is 12.4. The Morgan fingerprint density at radius 1 is 1.35 bits per heavy atom. The fraction of sp³-hybridized carbons (Fsp3) is 0.550. The van der Waals surface area contributed by atoms with Crippen LogP contribution in [0.5, 0.6) is 0 Å². The molecule has 0 radical (unpaired) electrons. The first-order valence-corrected chi connectivity index (χ1v) is 10.1. The van der Waals surface area contributed by atoms with E-state index in [0.717, 1.165) is 33.8 Å². The topological polar surface area (TPSA) is 51.3 Å². The SMILES string of the molecule is CCOC(=O)c1[nH]c2c(Br)c(Cl)ccc2c1CCCOC(C)C(C)(C)C. The minimum absolute atomic E-state index is 0.110. The third-order valence-electron chi connectivity index (χ3n) is 4.61. The van der Waals surface area contributed by atoms with Gasteiger partial charge in [0.1, 0.15) is 5.69 Å². The summed E-state index contributed by atoms with van der Waals surface area (Å²) in [7, 11) is 0. The summed E-state index contributed by atoms with van der Waals surface area (Å²) < 4.78 is 11.9. The number of benzene rings is 1. The largest absolute Gasteiger partial charge is 0.461 e. The van der Waals surface area contributed by atoms with Crippen LogP contribution in [0.3, 0.4) is 0 Å². The van der Waals surface area contributed by atoms with Gasteiger partial charge in [-0.1, -0.05) is 38.4 Å². The fourth-order valence-electron chi connectivity index (χ4n) is 2.66. The summed E-state index contributed by atoms with van der Waals surface area (Å²) in [6.07, 6.45) is 1.71. The quantitative estimate of drug-likeness (QED) is 0.412. The van der Waals surface area contributed by atoms with Crippen molar-refractivity contribution < 1.29 is 14.3 Å². The number of esters is 1. The van der Waals surface area contributed by atoms with Gasteiger partial charge in [0.05, 0.1) is 27.7 Å². The van der Waals surface area contributed by atoms with Crippen LogP contribution in [0.2, 0.25) is 5.02 Å². The zero-order valence-electron chi connectivity index (χ0n) is 16.0. The summed E-state index contributed by atoms with van der Waals surface area (Å²) in [4.78, 5) is 15.6. The molecule has 1 aromatic heterocycles. The smallest absolute Gasteiger partial charge is 0.355 e. The second-order valence-electron chi connectivity index (χ2n) is 7.47. The number of rotatable bonds is 7. The highest BCUT2D eigenvalue weighted by Crippen LogP contribution is 2.34. The second kappa shape index (κ2) is 8.77. The molecule has 4 nitrogen and oxygen atoms in total. The van der Waals surface area contributed by atoms with Crippen molar-refractivity contribution in [2.75, 3.05) is 13.2 Å². The van der Waals surface area contributed by atoms with Crippen molar-refractivity contribution in [3.05, 3.63) is 32.9 Å². The number of nitrogens with one attached hydrogen (secondary N) is 1. The molecule has 0 fully saturated rings. The number of carbonyl (C=O) groups is 1. The average Bonchev–Trinajstić information content (AvgIpc) is 2.93. The van der Waals surface area contributed by atoms with Gasteiger partial charge in [0.25, 0.3) is 0 Å². The molecular weight excluding hydrogens is 418 g/mol. The number of hydrogen-bond donors (Lipinski definition) is 1. The number of carbonyl (C=O) groups excluding carboxylic acids is 1. The van der Waals surface area contributed by atoms with Crippen LogP contribution >= 0.6 is 27.5 Å². The van der Waals surface area contributed by atoms with Crippen molar-refractivity contribution in [1.29, 1.82) is 0 Å². The maximum atomic E-state index is 12.4. The molecule has 0 aliphatic heterocycles. The van der Waals surface area contributed by atoms with Gasteiger partial charge in [-0.15, -0.1) is 0 Å². The van der Waals surface area contributed by atoms with Gasteiger partial charge in [-0.05, 0) is 59.7 Å². The Hall–Kier alpha value is -1.04. The predicted molar refractivity (Wildman–Crippen MR) is 110 cm³/mol. The highest BCUT2D eigenvalue weighted by molar-refractivity contribution is 9.10. The van der Waals surface area contributed by atoms with Gasteiger partial charge in [0, 0.05) is 12.0 Å². The lowest BCUT2D eigenvalue weighted by atomic mass is 9.90. The van der Waals surface area contributed by atoms with Crippen molar-refractivity contribution >= 4 is 44.4 Å². The summed E-state index contributed by atoms with van der Waals surface area (Å²) in [6.45, 7) is 11.4. The molecule has 2 aromatic rings. The van der Waals surface area contributed by atoms with Gasteiger partial charge in [0.15, 0.2) is 0 Å². The Kier molecular flexibility index (Phi) is 7.17. The van der Waals surface area contributed by atoms with Crippen molar-refractivity contribution in [3.63, 3.8) is 0 Å². The Balaban J connectivity index is 2.22. The number of halogens is 2. The van der Waals surface area contributed by atoms with Crippen LogP contribution in [0.1, 0.15) is 57.1 Å². The number of aryl methyl sites for hydroxylation is 1. The van der Waals surface area contributed by atoms with Crippen LogP contribution in [0, 0.1) is 5.41 Å². The van der Waals surface area contributed by atoms with E-state index in [1.54, 1.807) is 6.92 Å². The summed E-state index contributed by atoms with van der Waals surface area (Å²) in [5, 5.41) is 1.58. The number of aromatic nitrogens is 1. The van der Waals surface area contributed by atoms with Crippen LogP contribution in [0.4, 0.5) is 0 Å². The minimum Gasteiger partial charge on any atom is -0.461 e. The molecule has 1 N–H and O–H groups in total. The minimum atomic E-state index is -0.342. The third-order valence-corrected chi connectivity index (χ3v) is 5.98. The van der Waals surface area contributed by atoms with E-state index in [1.807, 2.05) is 12.1 Å². The Bertz CT molecular complexity index is 779. The van der Waals surface area contributed by atoms with Crippen molar-refractivity contribution in [3.8, 4) is 0 Å². The first-order chi connectivity index (χ1) is 12.2. The molecule has 0 aliphatic rings. The molecule has 0 saturated carbocycles. The molecule has 0 amide bonds. The molecule has 0 spiro atoms. The lowest BCUT2D eigenvalue weighted by Crippen LogP contribution is -2.26. The molecule has 0 bridgehead atoms. The van der Waals surface area contributed by atoms with Gasteiger partial charge in [-0.25, -0.2) is 4.79 Å². The van der Waals surface area contributed by atoms with Crippen molar-refractivity contribution in [1.82, 2.24) is 4.98 Å². The van der Waals surface area contributed by atoms with E-state index in [-0.39, 0.29) is 17.5 Å². The molecule has 26 heavy (non-hydrogen) atoms. The van der Waals surface area contributed by atoms with Gasteiger partial charge < -0.3 is 14.5 Å². The predicted octanol–water partition coefficient (Wildman–Crippen LogP) is 6.14. The number of H-pyrrole nitrogens is 1. The summed E-state index contributed by atoms with van der Waals surface area (Å²) in [5.41, 5.74) is 2.37. The Morgan fingerprint density at radius 2 is 2.04 bits per heavy atom. The van der Waals surface area contributed by atoms with Crippen LogP contribution < -0.4 is 0 Å². The van der Waals surface area contributed by atoms with Crippen LogP contribution in [0.15, 0.2) is 16.6 Å². The first-order valence-electron chi connectivity index (χ1n) is 8.94. The summed E-state index contributed by atoms with van der Waals surface area (Å²) >= 11 is 9.69. The molecular formula is C20H27BrClNO3. The van der Waals surface area contributed by atoms with E-state index in [1.165, 1.54) is 0 Å². The summed E-state index contributed by atoms with van der Waals surface area (Å²) in [6, 6.07) is 3.77. The summed E-state index contributed by atoms with van der Waals surface area (Å²) in [5.74, 6) is -0.342. The average molecular weight is 445 g/mol.